The van der Waals surface area contributed by atoms with Crippen molar-refractivity contribution in [1.29, 1.82) is 0 Å². The molecule has 8 nitrogen and oxygen atoms in total. The number of methoxy groups -OCH3 is 2. The number of amides is 1. The van der Waals surface area contributed by atoms with Crippen LogP contribution in [-0.4, -0.2) is 48.3 Å². The molecule has 4 atom stereocenters. The van der Waals surface area contributed by atoms with Gasteiger partial charge in [0, 0.05) is 19.1 Å². The highest BCUT2D eigenvalue weighted by molar-refractivity contribution is 7.15. The highest BCUT2D eigenvalue weighted by atomic mass is 32.1. The molecule has 4 unspecified atom stereocenters. The molecule has 0 saturated heterocycles. The lowest BCUT2D eigenvalue weighted by atomic mass is 9.76. The van der Waals surface area contributed by atoms with E-state index in [4.69, 9.17) is 14.2 Å². The summed E-state index contributed by atoms with van der Waals surface area (Å²) in [7, 11) is 3.24. The molecule has 1 saturated carbocycles. The van der Waals surface area contributed by atoms with E-state index in [0.29, 0.717) is 29.3 Å². The molecule has 0 spiro atoms. The number of carbonyl (C=O) groups excluding carboxylic acids is 2. The van der Waals surface area contributed by atoms with Crippen LogP contribution < -0.4 is 9.64 Å². The molecule has 1 amide bonds. The first-order chi connectivity index (χ1) is 15.0. The number of carbonyl (C=O) groups is 2. The number of anilines is 1. The van der Waals surface area contributed by atoms with E-state index < -0.39 is 6.04 Å². The van der Waals surface area contributed by atoms with Crippen LogP contribution in [0, 0.1) is 12.8 Å². The Bertz CT molecular complexity index is 1080. The number of fused-ring (bicyclic) bond motifs is 1. The van der Waals surface area contributed by atoms with Crippen LogP contribution in [-0.2, 0) is 19.1 Å². The van der Waals surface area contributed by atoms with Crippen molar-refractivity contribution < 1.29 is 23.8 Å². The standard InChI is InChI=1S/C22H23N3O5S/c1-11-23-24-22(31-11)25-18(13-6-4-5-7-15(13)29-3)17-19(26)14-9-8-12(28-2)10-16(14)30-20(17)21(25)27/h4-7,12,14,16,18H,8-10H2,1-3H3. The summed E-state index contributed by atoms with van der Waals surface area (Å²) in [6, 6.07) is 6.75. The normalized spacial score (nSPS) is 27.8. The van der Waals surface area contributed by atoms with Crippen molar-refractivity contribution in [3.8, 4) is 5.75 Å². The van der Waals surface area contributed by atoms with Crippen LogP contribution in [0.3, 0.4) is 0 Å². The summed E-state index contributed by atoms with van der Waals surface area (Å²) < 4.78 is 17.3. The van der Waals surface area contributed by atoms with Gasteiger partial charge in [0.05, 0.1) is 24.7 Å². The number of para-hydroxylation sites is 1. The third-order valence-electron chi connectivity index (χ3n) is 6.29. The number of ether oxygens (including phenoxy) is 3. The van der Waals surface area contributed by atoms with E-state index in [1.165, 1.54) is 16.2 Å². The van der Waals surface area contributed by atoms with E-state index in [1.54, 1.807) is 14.2 Å². The Hall–Kier alpha value is -2.78. The van der Waals surface area contributed by atoms with Crippen LogP contribution in [0.4, 0.5) is 5.13 Å². The number of hydrogen-bond acceptors (Lipinski definition) is 8. The second-order valence-electron chi connectivity index (χ2n) is 7.96. The van der Waals surface area contributed by atoms with Crippen molar-refractivity contribution in [3.05, 3.63) is 46.2 Å². The fraction of sp³-hybridized carbons (Fsp3) is 0.455. The molecule has 0 bridgehead atoms. The fourth-order valence-electron chi connectivity index (χ4n) is 4.81. The molecule has 5 rings (SSSR count). The number of nitrogens with zero attached hydrogens (tertiary/aromatic N) is 3. The van der Waals surface area contributed by atoms with E-state index in [-0.39, 0.29) is 35.6 Å². The van der Waals surface area contributed by atoms with Gasteiger partial charge in [-0.2, -0.15) is 0 Å². The Morgan fingerprint density at radius 2 is 1.97 bits per heavy atom. The SMILES string of the molecule is COc1ccccc1C1C2=C(OC3CC(OC)CCC3C2=O)C(=O)N1c1nnc(C)s1. The zero-order valence-electron chi connectivity index (χ0n) is 17.5. The average Bonchev–Trinajstić information content (AvgIpc) is 3.34. The Morgan fingerprint density at radius 3 is 2.68 bits per heavy atom. The summed E-state index contributed by atoms with van der Waals surface area (Å²) in [5.74, 6) is 0.0264. The minimum absolute atomic E-state index is 0.0274. The van der Waals surface area contributed by atoms with Crippen molar-refractivity contribution in [2.45, 2.75) is 44.4 Å². The highest BCUT2D eigenvalue weighted by Gasteiger charge is 2.54. The lowest BCUT2D eigenvalue weighted by molar-refractivity contribution is -0.135. The molecule has 2 aliphatic heterocycles. The van der Waals surface area contributed by atoms with Gasteiger partial charge in [0.25, 0.3) is 5.91 Å². The maximum atomic E-state index is 13.7. The van der Waals surface area contributed by atoms with E-state index in [2.05, 4.69) is 10.2 Å². The zero-order valence-corrected chi connectivity index (χ0v) is 18.3. The molecular weight excluding hydrogens is 418 g/mol. The molecule has 2 aromatic rings. The fourth-order valence-corrected chi connectivity index (χ4v) is 5.53. The van der Waals surface area contributed by atoms with E-state index in [0.717, 1.165) is 17.0 Å². The predicted octanol–water partition coefficient (Wildman–Crippen LogP) is 2.98. The minimum Gasteiger partial charge on any atom is -0.496 e. The van der Waals surface area contributed by atoms with Gasteiger partial charge in [-0.1, -0.05) is 29.5 Å². The summed E-state index contributed by atoms with van der Waals surface area (Å²) in [5.41, 5.74) is 1.11. The Labute approximate surface area is 183 Å². The summed E-state index contributed by atoms with van der Waals surface area (Å²) in [4.78, 5) is 28.8. The maximum Gasteiger partial charge on any atom is 0.296 e. The largest absolute Gasteiger partial charge is 0.496 e. The number of aryl methyl sites for hydroxylation is 1. The number of benzene rings is 1. The van der Waals surface area contributed by atoms with Gasteiger partial charge in [-0.3, -0.25) is 14.5 Å². The molecule has 0 radical (unpaired) electrons. The Kier molecular flexibility index (Phi) is 5.02. The van der Waals surface area contributed by atoms with Gasteiger partial charge < -0.3 is 14.2 Å². The van der Waals surface area contributed by atoms with E-state index >= 15 is 0 Å². The highest BCUT2D eigenvalue weighted by Crippen LogP contribution is 2.50. The van der Waals surface area contributed by atoms with Crippen LogP contribution in [0.2, 0.25) is 0 Å². The van der Waals surface area contributed by atoms with Gasteiger partial charge >= 0.3 is 0 Å². The third kappa shape index (κ3) is 3.14. The number of aromatic nitrogens is 2. The second-order valence-corrected chi connectivity index (χ2v) is 9.12. The van der Waals surface area contributed by atoms with E-state index in [1.807, 2.05) is 31.2 Å². The molecule has 1 fully saturated rings. The molecule has 3 heterocycles. The first kappa shape index (κ1) is 20.1. The van der Waals surface area contributed by atoms with Crippen molar-refractivity contribution >= 4 is 28.2 Å². The summed E-state index contributed by atoms with van der Waals surface area (Å²) in [6.07, 6.45) is 1.72. The van der Waals surface area contributed by atoms with Crippen molar-refractivity contribution in [2.24, 2.45) is 5.92 Å². The summed E-state index contributed by atoms with van der Waals surface area (Å²) >= 11 is 1.31. The van der Waals surface area contributed by atoms with Crippen LogP contribution >= 0.6 is 11.3 Å². The number of Topliss-reactive ketones (excluding diaryl/α,β-unsaturated/α-hetero) is 1. The van der Waals surface area contributed by atoms with Gasteiger partial charge in [0.15, 0.2) is 11.5 Å². The monoisotopic (exact) mass is 441 g/mol. The average molecular weight is 442 g/mol. The van der Waals surface area contributed by atoms with Gasteiger partial charge in [0.2, 0.25) is 5.13 Å². The van der Waals surface area contributed by atoms with Gasteiger partial charge in [0.1, 0.15) is 22.9 Å². The molecule has 3 aliphatic rings. The van der Waals surface area contributed by atoms with Crippen LogP contribution in [0.15, 0.2) is 35.6 Å². The maximum absolute atomic E-state index is 13.7. The van der Waals surface area contributed by atoms with Gasteiger partial charge in [-0.25, -0.2) is 0 Å². The number of hydrogen-bond donors (Lipinski definition) is 0. The molecule has 162 valence electrons. The molecule has 31 heavy (non-hydrogen) atoms. The zero-order chi connectivity index (χ0) is 21.7. The first-order valence-corrected chi connectivity index (χ1v) is 11.1. The van der Waals surface area contributed by atoms with Crippen molar-refractivity contribution in [2.75, 3.05) is 19.1 Å². The van der Waals surface area contributed by atoms with Crippen molar-refractivity contribution in [1.82, 2.24) is 10.2 Å². The number of rotatable bonds is 4. The molecular formula is C22H23N3O5S. The van der Waals surface area contributed by atoms with Gasteiger partial charge in [-0.15, -0.1) is 10.2 Å². The molecule has 1 aromatic carbocycles. The first-order valence-electron chi connectivity index (χ1n) is 10.3. The molecule has 1 aliphatic carbocycles. The van der Waals surface area contributed by atoms with E-state index in [9.17, 15) is 9.59 Å². The molecule has 0 N–H and O–H groups in total. The minimum atomic E-state index is -0.667. The van der Waals surface area contributed by atoms with Gasteiger partial charge in [-0.05, 0) is 25.8 Å². The topological polar surface area (TPSA) is 90.9 Å². The molecule has 9 heteroatoms. The van der Waals surface area contributed by atoms with Crippen LogP contribution in [0.25, 0.3) is 0 Å². The smallest absolute Gasteiger partial charge is 0.296 e. The van der Waals surface area contributed by atoms with Crippen LogP contribution in [0.1, 0.15) is 35.9 Å². The summed E-state index contributed by atoms with van der Waals surface area (Å²) in [6.45, 7) is 1.83. The third-order valence-corrected chi connectivity index (χ3v) is 7.13. The Morgan fingerprint density at radius 1 is 1.16 bits per heavy atom. The quantitative estimate of drug-likeness (QED) is 0.720. The lowest BCUT2D eigenvalue weighted by Crippen LogP contribution is -2.43. The summed E-state index contributed by atoms with van der Waals surface area (Å²) in [5, 5.41) is 9.44. The lowest BCUT2D eigenvalue weighted by Gasteiger charge is -2.38. The Balaban J connectivity index is 1.64. The molecule has 1 aromatic heterocycles. The van der Waals surface area contributed by atoms with Crippen LogP contribution in [0.5, 0.6) is 5.75 Å². The number of ketones is 1. The predicted molar refractivity (Wildman–Crippen MR) is 113 cm³/mol. The van der Waals surface area contributed by atoms with Crippen molar-refractivity contribution in [3.63, 3.8) is 0 Å². The second kappa shape index (κ2) is 7.72.